The lowest BCUT2D eigenvalue weighted by Gasteiger charge is -2.16. The maximum atomic E-state index is 12.7. The van der Waals surface area contributed by atoms with Crippen LogP contribution in [-0.2, 0) is 24.2 Å². The maximum Gasteiger partial charge on any atom is 0.234 e. The van der Waals surface area contributed by atoms with Crippen LogP contribution in [0.4, 0.5) is 5.69 Å². The summed E-state index contributed by atoms with van der Waals surface area (Å²) < 4.78 is 7.32. The van der Waals surface area contributed by atoms with Gasteiger partial charge in [0, 0.05) is 17.3 Å². The lowest BCUT2D eigenvalue weighted by Crippen LogP contribution is -2.17. The van der Waals surface area contributed by atoms with Crippen LogP contribution in [0.25, 0.3) is 11.4 Å². The summed E-state index contributed by atoms with van der Waals surface area (Å²) in [5.74, 6) is 1.56. The van der Waals surface area contributed by atoms with E-state index < -0.39 is 0 Å². The molecule has 0 fully saturated rings. The maximum absolute atomic E-state index is 12.7. The van der Waals surface area contributed by atoms with Crippen molar-refractivity contribution < 1.29 is 9.21 Å². The Morgan fingerprint density at radius 3 is 2.73 bits per heavy atom. The Balaban J connectivity index is 1.78. The molecule has 0 aliphatic rings. The topological polar surface area (TPSA) is 73.0 Å². The molecule has 30 heavy (non-hydrogen) atoms. The average Bonchev–Trinajstić information content (AvgIpc) is 3.33. The van der Waals surface area contributed by atoms with E-state index in [0.29, 0.717) is 22.5 Å². The minimum atomic E-state index is -0.110. The number of anilines is 1. The van der Waals surface area contributed by atoms with Gasteiger partial charge in [0.05, 0.1) is 17.6 Å². The van der Waals surface area contributed by atoms with E-state index in [1.54, 1.807) is 12.3 Å². The molecule has 0 atom stereocenters. The summed E-state index contributed by atoms with van der Waals surface area (Å²) in [5, 5.41) is 13.0. The quantitative estimate of drug-likeness (QED) is 0.346. The highest BCUT2D eigenvalue weighted by atomic mass is 35.5. The molecular formula is C22H25ClN4O2S. The largest absolute Gasteiger partial charge is 0.469 e. The van der Waals surface area contributed by atoms with Crippen molar-refractivity contribution in [3.63, 3.8) is 0 Å². The molecule has 0 radical (unpaired) electrons. The van der Waals surface area contributed by atoms with Crippen LogP contribution in [0.2, 0.25) is 5.02 Å². The SMILES string of the molecule is C=CCn1c(SCC(=O)Nc2c(CC)ccc(Cl)c2CC)nnc1-c1ccoc1C. The van der Waals surface area contributed by atoms with Gasteiger partial charge in [0.1, 0.15) is 5.76 Å². The van der Waals surface area contributed by atoms with Gasteiger partial charge in [-0.1, -0.05) is 49.4 Å². The van der Waals surface area contributed by atoms with Gasteiger partial charge in [-0.25, -0.2) is 0 Å². The van der Waals surface area contributed by atoms with E-state index in [1.165, 1.54) is 11.8 Å². The number of aromatic nitrogens is 3. The van der Waals surface area contributed by atoms with Crippen molar-refractivity contribution in [3.8, 4) is 11.4 Å². The van der Waals surface area contributed by atoms with Gasteiger partial charge in [0.15, 0.2) is 11.0 Å². The molecule has 0 saturated carbocycles. The number of halogens is 1. The Bertz CT molecular complexity index is 1060. The fourth-order valence-electron chi connectivity index (χ4n) is 3.28. The van der Waals surface area contributed by atoms with Crippen molar-refractivity contribution in [1.82, 2.24) is 14.8 Å². The van der Waals surface area contributed by atoms with E-state index in [0.717, 1.165) is 41.0 Å². The number of carbonyl (C=O) groups is 1. The van der Waals surface area contributed by atoms with E-state index in [4.69, 9.17) is 16.0 Å². The standard InChI is InChI=1S/C22H25ClN4O2S/c1-5-11-27-21(17-10-12-29-14(17)4)25-26-22(27)30-13-19(28)24-20-15(6-2)8-9-18(23)16(20)7-3/h5,8-10,12H,1,6-7,11,13H2,2-4H3,(H,24,28). The molecule has 1 amide bonds. The smallest absolute Gasteiger partial charge is 0.234 e. The van der Waals surface area contributed by atoms with Crippen LogP contribution in [0, 0.1) is 6.92 Å². The van der Waals surface area contributed by atoms with Crippen LogP contribution >= 0.6 is 23.4 Å². The molecular weight excluding hydrogens is 420 g/mol. The normalized spacial score (nSPS) is 10.9. The highest BCUT2D eigenvalue weighted by Gasteiger charge is 2.18. The molecule has 1 N–H and O–H groups in total. The number of carbonyl (C=O) groups excluding carboxylic acids is 1. The summed E-state index contributed by atoms with van der Waals surface area (Å²) in [4.78, 5) is 12.7. The number of furan rings is 1. The van der Waals surface area contributed by atoms with Crippen molar-refractivity contribution in [2.75, 3.05) is 11.1 Å². The van der Waals surface area contributed by atoms with Crippen molar-refractivity contribution in [2.24, 2.45) is 0 Å². The van der Waals surface area contributed by atoms with Crippen LogP contribution in [0.5, 0.6) is 0 Å². The van der Waals surface area contributed by atoms with Crippen LogP contribution in [-0.4, -0.2) is 26.4 Å². The van der Waals surface area contributed by atoms with Gasteiger partial charge in [-0.15, -0.1) is 16.8 Å². The number of hydrogen-bond donors (Lipinski definition) is 1. The van der Waals surface area contributed by atoms with Crippen LogP contribution in [0.3, 0.4) is 0 Å². The molecule has 158 valence electrons. The fraction of sp³-hybridized carbons (Fsp3) is 0.318. The highest BCUT2D eigenvalue weighted by molar-refractivity contribution is 7.99. The summed E-state index contributed by atoms with van der Waals surface area (Å²) in [5.41, 5.74) is 3.73. The summed E-state index contributed by atoms with van der Waals surface area (Å²) in [6.07, 6.45) is 4.96. The molecule has 1 aromatic carbocycles. The Morgan fingerprint density at radius 2 is 2.10 bits per heavy atom. The molecule has 0 aliphatic carbocycles. The van der Waals surface area contributed by atoms with Crippen molar-refractivity contribution >= 4 is 35.0 Å². The van der Waals surface area contributed by atoms with E-state index in [9.17, 15) is 4.79 Å². The number of hydrogen-bond acceptors (Lipinski definition) is 5. The van der Waals surface area contributed by atoms with Gasteiger partial charge in [0.25, 0.3) is 0 Å². The lowest BCUT2D eigenvalue weighted by atomic mass is 10.0. The first kappa shape index (κ1) is 22.2. The van der Waals surface area contributed by atoms with E-state index in [-0.39, 0.29) is 11.7 Å². The van der Waals surface area contributed by atoms with Crippen molar-refractivity contribution in [3.05, 3.63) is 59.0 Å². The van der Waals surface area contributed by atoms with Gasteiger partial charge >= 0.3 is 0 Å². The molecule has 0 unspecified atom stereocenters. The Hall–Kier alpha value is -2.51. The van der Waals surface area contributed by atoms with Gasteiger partial charge < -0.3 is 9.73 Å². The Morgan fingerprint density at radius 1 is 1.30 bits per heavy atom. The first-order chi connectivity index (χ1) is 14.5. The zero-order valence-corrected chi connectivity index (χ0v) is 18.9. The summed E-state index contributed by atoms with van der Waals surface area (Å²) in [7, 11) is 0. The molecule has 0 aliphatic heterocycles. The minimum Gasteiger partial charge on any atom is -0.469 e. The molecule has 8 heteroatoms. The first-order valence-corrected chi connectivity index (χ1v) is 11.2. The number of nitrogens with one attached hydrogen (secondary N) is 1. The summed E-state index contributed by atoms with van der Waals surface area (Å²) >= 11 is 7.67. The third-order valence-electron chi connectivity index (χ3n) is 4.80. The molecule has 6 nitrogen and oxygen atoms in total. The minimum absolute atomic E-state index is 0.110. The molecule has 2 aromatic heterocycles. The summed E-state index contributed by atoms with van der Waals surface area (Å²) in [6.45, 7) is 10.3. The second kappa shape index (κ2) is 10.00. The second-order valence-electron chi connectivity index (χ2n) is 6.70. The second-order valence-corrected chi connectivity index (χ2v) is 8.05. The molecule has 3 rings (SSSR count). The third-order valence-corrected chi connectivity index (χ3v) is 6.12. The Kier molecular flexibility index (Phi) is 7.39. The number of thioether (sulfide) groups is 1. The lowest BCUT2D eigenvalue weighted by molar-refractivity contribution is -0.113. The van der Waals surface area contributed by atoms with Crippen LogP contribution in [0.1, 0.15) is 30.7 Å². The van der Waals surface area contributed by atoms with Crippen molar-refractivity contribution in [1.29, 1.82) is 0 Å². The predicted octanol–water partition coefficient (Wildman–Crippen LogP) is 5.54. The van der Waals surface area contributed by atoms with Gasteiger partial charge in [-0.3, -0.25) is 9.36 Å². The van der Waals surface area contributed by atoms with Gasteiger partial charge in [-0.2, -0.15) is 0 Å². The average molecular weight is 445 g/mol. The molecule has 2 heterocycles. The predicted molar refractivity (Wildman–Crippen MR) is 122 cm³/mol. The van der Waals surface area contributed by atoms with Crippen molar-refractivity contribution in [2.45, 2.75) is 45.3 Å². The number of benzene rings is 1. The monoisotopic (exact) mass is 444 g/mol. The molecule has 0 spiro atoms. The van der Waals surface area contributed by atoms with E-state index in [2.05, 4.69) is 29.0 Å². The fourth-order valence-corrected chi connectivity index (χ4v) is 4.32. The highest BCUT2D eigenvalue weighted by Crippen LogP contribution is 2.30. The van der Waals surface area contributed by atoms with Crippen LogP contribution < -0.4 is 5.32 Å². The number of allylic oxidation sites excluding steroid dienone is 1. The van der Waals surface area contributed by atoms with Crippen LogP contribution in [0.15, 0.2) is 46.7 Å². The van der Waals surface area contributed by atoms with Gasteiger partial charge in [-0.05, 0) is 43.0 Å². The molecule has 0 bridgehead atoms. The zero-order valence-electron chi connectivity index (χ0n) is 17.4. The van der Waals surface area contributed by atoms with Gasteiger partial charge in [0.2, 0.25) is 5.91 Å². The third kappa shape index (κ3) is 4.63. The number of rotatable bonds is 9. The zero-order chi connectivity index (χ0) is 21.7. The summed E-state index contributed by atoms with van der Waals surface area (Å²) in [6, 6.07) is 5.71. The number of amides is 1. The Labute approximate surface area is 185 Å². The number of aryl methyl sites for hydroxylation is 2. The molecule has 3 aromatic rings. The number of nitrogens with zero attached hydrogens (tertiary/aromatic N) is 3. The van der Waals surface area contributed by atoms with E-state index in [1.807, 2.05) is 36.6 Å². The molecule has 0 saturated heterocycles. The first-order valence-electron chi connectivity index (χ1n) is 9.81. The van der Waals surface area contributed by atoms with E-state index >= 15 is 0 Å².